The zero-order valence-corrected chi connectivity index (χ0v) is 17.5. The van der Waals surface area contributed by atoms with Gasteiger partial charge in [0.15, 0.2) is 5.54 Å². The SMILES string of the molecule is CC1(C)[C@@H]2CC[C@@]1(C)[C@@H]1OC(=O)C(Cc3ccccc3)(Cc3ccccc3)N=C21. The first-order chi connectivity index (χ1) is 13.9. The van der Waals surface area contributed by atoms with Gasteiger partial charge in [0.1, 0.15) is 6.10 Å². The summed E-state index contributed by atoms with van der Waals surface area (Å²) in [5, 5.41) is 0. The van der Waals surface area contributed by atoms with Gasteiger partial charge in [0, 0.05) is 24.2 Å². The number of ether oxygens (including phenoxy) is 1. The van der Waals surface area contributed by atoms with Gasteiger partial charge in [-0.1, -0.05) is 81.4 Å². The van der Waals surface area contributed by atoms with Gasteiger partial charge >= 0.3 is 5.97 Å². The molecule has 0 spiro atoms. The first-order valence-electron chi connectivity index (χ1n) is 10.7. The Morgan fingerprint density at radius 2 is 1.48 bits per heavy atom. The quantitative estimate of drug-likeness (QED) is 0.690. The number of hydrogen-bond donors (Lipinski definition) is 0. The fraction of sp³-hybridized carbons (Fsp3) is 0.462. The van der Waals surface area contributed by atoms with Crippen molar-refractivity contribution in [2.75, 3.05) is 0 Å². The van der Waals surface area contributed by atoms with E-state index in [9.17, 15) is 4.79 Å². The van der Waals surface area contributed by atoms with Crippen LogP contribution in [0.2, 0.25) is 0 Å². The van der Waals surface area contributed by atoms with Crippen molar-refractivity contribution in [2.45, 2.75) is 58.1 Å². The van der Waals surface area contributed by atoms with E-state index in [0.29, 0.717) is 18.8 Å². The Balaban J connectivity index is 1.62. The number of hydrogen-bond acceptors (Lipinski definition) is 3. The van der Waals surface area contributed by atoms with Gasteiger partial charge in [-0.25, -0.2) is 4.79 Å². The predicted octanol–water partition coefficient (Wildman–Crippen LogP) is 5.03. The van der Waals surface area contributed by atoms with Gasteiger partial charge in [-0.05, 0) is 29.4 Å². The second kappa shape index (κ2) is 6.29. The standard InChI is InChI=1S/C26H29NO2/c1-24(2)20-14-15-25(24,3)22-21(20)27-26(23(28)29-22,16-18-10-6-4-7-11-18)17-19-12-8-5-9-13-19/h4-13,20,22H,14-17H2,1-3H3/t20-,22-,25+/m1/s1. The smallest absolute Gasteiger partial charge is 0.335 e. The lowest BCUT2D eigenvalue weighted by Gasteiger charge is -2.42. The maximum absolute atomic E-state index is 13.6. The van der Waals surface area contributed by atoms with Crippen molar-refractivity contribution in [3.63, 3.8) is 0 Å². The van der Waals surface area contributed by atoms with Gasteiger partial charge in [0.05, 0.1) is 5.71 Å². The summed E-state index contributed by atoms with van der Waals surface area (Å²) in [5.41, 5.74) is 2.58. The Morgan fingerprint density at radius 1 is 0.931 bits per heavy atom. The maximum atomic E-state index is 13.6. The third kappa shape index (κ3) is 2.63. The summed E-state index contributed by atoms with van der Waals surface area (Å²) in [4.78, 5) is 18.9. The number of rotatable bonds is 4. The van der Waals surface area contributed by atoms with Crippen LogP contribution in [-0.4, -0.2) is 23.3 Å². The number of benzene rings is 2. The van der Waals surface area contributed by atoms with Crippen molar-refractivity contribution in [1.29, 1.82) is 0 Å². The van der Waals surface area contributed by atoms with E-state index in [2.05, 4.69) is 45.0 Å². The van der Waals surface area contributed by atoms with Crippen LogP contribution in [0.25, 0.3) is 0 Å². The van der Waals surface area contributed by atoms with Gasteiger partial charge in [-0.3, -0.25) is 4.99 Å². The van der Waals surface area contributed by atoms with E-state index in [1.807, 2.05) is 36.4 Å². The average molecular weight is 388 g/mol. The van der Waals surface area contributed by atoms with E-state index in [0.717, 1.165) is 29.7 Å². The highest BCUT2D eigenvalue weighted by molar-refractivity contribution is 6.02. The van der Waals surface area contributed by atoms with Crippen LogP contribution in [-0.2, 0) is 22.4 Å². The number of carbonyl (C=O) groups is 1. The summed E-state index contributed by atoms with van der Waals surface area (Å²) in [6.45, 7) is 6.94. The molecule has 2 saturated carbocycles. The van der Waals surface area contributed by atoms with Crippen LogP contribution in [0, 0.1) is 16.7 Å². The van der Waals surface area contributed by atoms with Crippen LogP contribution in [0.1, 0.15) is 44.7 Å². The van der Waals surface area contributed by atoms with E-state index in [-0.39, 0.29) is 22.9 Å². The Kier molecular flexibility index (Phi) is 4.03. The molecule has 3 aliphatic rings. The lowest BCUT2D eigenvalue weighted by Crippen LogP contribution is -2.54. The van der Waals surface area contributed by atoms with Crippen molar-refractivity contribution in [3.05, 3.63) is 71.8 Å². The molecule has 2 aromatic rings. The van der Waals surface area contributed by atoms with Gasteiger partial charge in [-0.15, -0.1) is 0 Å². The summed E-state index contributed by atoms with van der Waals surface area (Å²) < 4.78 is 6.27. The second-order valence-electron chi connectivity index (χ2n) is 9.91. The molecule has 0 unspecified atom stereocenters. The van der Waals surface area contributed by atoms with E-state index in [1.54, 1.807) is 0 Å². The lowest BCUT2D eigenvalue weighted by molar-refractivity contribution is -0.160. The van der Waals surface area contributed by atoms with Crippen molar-refractivity contribution >= 4 is 11.7 Å². The molecule has 1 aliphatic heterocycles. The molecule has 0 amide bonds. The number of nitrogens with zero attached hydrogens (tertiary/aromatic N) is 1. The Bertz CT molecular complexity index is 921. The largest absolute Gasteiger partial charge is 0.454 e. The molecule has 2 aliphatic carbocycles. The first kappa shape index (κ1) is 18.6. The van der Waals surface area contributed by atoms with Crippen molar-refractivity contribution < 1.29 is 9.53 Å². The van der Waals surface area contributed by atoms with Crippen LogP contribution in [0.5, 0.6) is 0 Å². The number of fused-ring (bicyclic) bond motifs is 5. The minimum atomic E-state index is -0.883. The molecule has 2 aromatic carbocycles. The fourth-order valence-electron chi connectivity index (χ4n) is 6.01. The van der Waals surface area contributed by atoms with Crippen LogP contribution in [0.3, 0.4) is 0 Å². The minimum Gasteiger partial charge on any atom is -0.454 e. The number of esters is 1. The zero-order valence-electron chi connectivity index (χ0n) is 17.5. The van der Waals surface area contributed by atoms with Gasteiger partial charge in [0.2, 0.25) is 0 Å². The molecule has 2 bridgehead atoms. The third-order valence-corrected chi connectivity index (χ3v) is 8.13. The summed E-state index contributed by atoms with van der Waals surface area (Å²) in [6.07, 6.45) is 3.22. The molecule has 0 radical (unpaired) electrons. The van der Waals surface area contributed by atoms with E-state index in [4.69, 9.17) is 9.73 Å². The van der Waals surface area contributed by atoms with Gasteiger partial charge in [0.25, 0.3) is 0 Å². The van der Waals surface area contributed by atoms with Crippen molar-refractivity contribution in [3.8, 4) is 0 Å². The Labute approximate surface area is 173 Å². The highest BCUT2D eigenvalue weighted by atomic mass is 16.6. The molecular weight excluding hydrogens is 358 g/mol. The highest BCUT2D eigenvalue weighted by Crippen LogP contribution is 2.66. The molecule has 0 aromatic heterocycles. The Hall–Kier alpha value is -2.42. The monoisotopic (exact) mass is 387 g/mol. The first-order valence-corrected chi connectivity index (χ1v) is 10.7. The molecule has 3 atom stereocenters. The van der Waals surface area contributed by atoms with Crippen LogP contribution in [0.15, 0.2) is 65.7 Å². The molecule has 0 saturated heterocycles. The van der Waals surface area contributed by atoms with Crippen LogP contribution >= 0.6 is 0 Å². The molecule has 1 heterocycles. The predicted molar refractivity (Wildman–Crippen MR) is 115 cm³/mol. The van der Waals surface area contributed by atoms with Crippen LogP contribution in [0.4, 0.5) is 0 Å². The van der Waals surface area contributed by atoms with E-state index >= 15 is 0 Å². The average Bonchev–Trinajstić information content (AvgIpc) is 3.02. The number of aliphatic imine (C=N–C) groups is 1. The highest BCUT2D eigenvalue weighted by Gasteiger charge is 2.68. The summed E-state index contributed by atoms with van der Waals surface area (Å²) in [6, 6.07) is 20.4. The molecule has 5 rings (SSSR count). The van der Waals surface area contributed by atoms with E-state index < -0.39 is 5.54 Å². The van der Waals surface area contributed by atoms with E-state index in [1.165, 1.54) is 0 Å². The minimum absolute atomic E-state index is 0.0161. The lowest BCUT2D eigenvalue weighted by atomic mass is 9.70. The van der Waals surface area contributed by atoms with Gasteiger partial charge in [-0.2, -0.15) is 0 Å². The van der Waals surface area contributed by atoms with Gasteiger partial charge < -0.3 is 4.74 Å². The van der Waals surface area contributed by atoms with Crippen molar-refractivity contribution in [2.24, 2.45) is 21.7 Å². The maximum Gasteiger partial charge on any atom is 0.335 e. The molecule has 3 heteroatoms. The fourth-order valence-corrected chi connectivity index (χ4v) is 6.01. The molecule has 150 valence electrons. The van der Waals surface area contributed by atoms with Crippen LogP contribution < -0.4 is 0 Å². The topological polar surface area (TPSA) is 38.7 Å². The zero-order chi connectivity index (χ0) is 20.3. The molecule has 29 heavy (non-hydrogen) atoms. The Morgan fingerprint density at radius 3 is 2.03 bits per heavy atom. The van der Waals surface area contributed by atoms with Crippen molar-refractivity contribution in [1.82, 2.24) is 0 Å². The molecule has 3 nitrogen and oxygen atoms in total. The molecule has 2 fully saturated rings. The normalized spacial score (nSPS) is 31.1. The molecule has 0 N–H and O–H groups in total. The molecular formula is C26H29NO2. The second-order valence-corrected chi connectivity index (χ2v) is 9.91. The third-order valence-electron chi connectivity index (χ3n) is 8.13. The summed E-state index contributed by atoms with van der Waals surface area (Å²) in [5.74, 6) is 0.236. The number of carbonyl (C=O) groups excluding carboxylic acids is 1. The summed E-state index contributed by atoms with van der Waals surface area (Å²) >= 11 is 0. The summed E-state index contributed by atoms with van der Waals surface area (Å²) in [7, 11) is 0.